The number of ether oxygens (including phenoxy) is 1. The van der Waals surface area contributed by atoms with Gasteiger partial charge in [0, 0.05) is 13.0 Å². The van der Waals surface area contributed by atoms with Crippen LogP contribution in [-0.2, 0) is 16.0 Å². The summed E-state index contributed by atoms with van der Waals surface area (Å²) >= 11 is 0. The van der Waals surface area contributed by atoms with Crippen molar-refractivity contribution in [2.45, 2.75) is 18.4 Å². The Bertz CT molecular complexity index is 383. The van der Waals surface area contributed by atoms with Gasteiger partial charge in [-0.1, -0.05) is 12.1 Å². The van der Waals surface area contributed by atoms with E-state index in [-0.39, 0.29) is 24.6 Å². The third-order valence-electron chi connectivity index (χ3n) is 2.89. The van der Waals surface area contributed by atoms with Crippen molar-refractivity contribution in [3.8, 4) is 0 Å². The van der Waals surface area contributed by atoms with Gasteiger partial charge in [-0.15, -0.1) is 0 Å². The van der Waals surface area contributed by atoms with Gasteiger partial charge < -0.3 is 10.5 Å². The maximum absolute atomic E-state index is 12.7. The van der Waals surface area contributed by atoms with Crippen LogP contribution >= 0.6 is 0 Å². The molecule has 1 aromatic rings. The summed E-state index contributed by atoms with van der Waals surface area (Å²) in [5.74, 6) is -0.348. The first-order valence-electron chi connectivity index (χ1n) is 5.24. The molecule has 0 aliphatic carbocycles. The van der Waals surface area contributed by atoms with Gasteiger partial charge in [-0.05, 0) is 24.1 Å². The Morgan fingerprint density at radius 3 is 2.69 bits per heavy atom. The van der Waals surface area contributed by atoms with Gasteiger partial charge in [-0.3, -0.25) is 4.79 Å². The number of rotatable bonds is 3. The summed E-state index contributed by atoms with van der Waals surface area (Å²) in [6.07, 6.45) is 0.799. The molecule has 1 unspecified atom stereocenters. The summed E-state index contributed by atoms with van der Waals surface area (Å²) < 4.78 is 17.8. The highest BCUT2D eigenvalue weighted by atomic mass is 19.1. The van der Waals surface area contributed by atoms with Crippen LogP contribution < -0.4 is 5.73 Å². The Labute approximate surface area is 93.4 Å². The van der Waals surface area contributed by atoms with Crippen molar-refractivity contribution in [1.29, 1.82) is 0 Å². The first kappa shape index (κ1) is 11.2. The van der Waals surface area contributed by atoms with E-state index in [0.717, 1.165) is 5.56 Å². The second-order valence-corrected chi connectivity index (χ2v) is 4.19. The van der Waals surface area contributed by atoms with Crippen molar-refractivity contribution in [1.82, 2.24) is 0 Å². The van der Waals surface area contributed by atoms with Gasteiger partial charge in [0.25, 0.3) is 0 Å². The van der Waals surface area contributed by atoms with Crippen molar-refractivity contribution in [3.63, 3.8) is 0 Å². The molecule has 4 heteroatoms. The highest BCUT2D eigenvalue weighted by Gasteiger charge is 2.37. The van der Waals surface area contributed by atoms with Gasteiger partial charge in [-0.25, -0.2) is 4.39 Å². The second kappa shape index (κ2) is 4.31. The minimum Gasteiger partial charge on any atom is -0.379 e. The third kappa shape index (κ3) is 2.28. The van der Waals surface area contributed by atoms with Crippen LogP contribution in [0, 0.1) is 5.82 Å². The molecule has 1 aliphatic heterocycles. The lowest BCUT2D eigenvalue weighted by molar-refractivity contribution is -0.123. The van der Waals surface area contributed by atoms with Gasteiger partial charge in [0.1, 0.15) is 11.4 Å². The summed E-state index contributed by atoms with van der Waals surface area (Å²) in [5, 5.41) is 0. The van der Waals surface area contributed by atoms with Crippen LogP contribution in [0.2, 0.25) is 0 Å². The molecule has 2 rings (SSSR count). The number of carbonyl (C=O) groups excluding carboxylic acids is 1. The predicted octanol–water partition coefficient (Wildman–Crippen LogP) is 1.06. The third-order valence-corrected chi connectivity index (χ3v) is 2.89. The summed E-state index contributed by atoms with van der Waals surface area (Å²) in [6, 6.07) is 5.90. The minimum atomic E-state index is -0.853. The summed E-state index contributed by atoms with van der Waals surface area (Å²) in [4.78, 5) is 11.9. The molecule has 1 aliphatic rings. The summed E-state index contributed by atoms with van der Waals surface area (Å²) in [7, 11) is 0. The molecule has 0 bridgehead atoms. The molecule has 1 saturated heterocycles. The zero-order valence-corrected chi connectivity index (χ0v) is 8.91. The Hall–Kier alpha value is -1.26. The van der Waals surface area contributed by atoms with Crippen LogP contribution in [0.15, 0.2) is 24.3 Å². The topological polar surface area (TPSA) is 52.3 Å². The quantitative estimate of drug-likeness (QED) is 0.833. The molecule has 0 aromatic heterocycles. The van der Waals surface area contributed by atoms with Crippen molar-refractivity contribution in [2.24, 2.45) is 5.73 Å². The second-order valence-electron chi connectivity index (χ2n) is 4.19. The minimum absolute atomic E-state index is 0.0448. The fourth-order valence-corrected chi connectivity index (χ4v) is 1.76. The molecular weight excluding hydrogens is 209 g/mol. The van der Waals surface area contributed by atoms with Crippen LogP contribution in [0.1, 0.15) is 12.0 Å². The molecule has 0 radical (unpaired) electrons. The molecule has 3 nitrogen and oxygen atoms in total. The van der Waals surface area contributed by atoms with E-state index in [9.17, 15) is 9.18 Å². The van der Waals surface area contributed by atoms with E-state index in [1.807, 2.05) is 0 Å². The van der Waals surface area contributed by atoms with Gasteiger partial charge in [0.15, 0.2) is 5.78 Å². The molecule has 1 fully saturated rings. The summed E-state index contributed by atoms with van der Waals surface area (Å²) in [6.45, 7) is 0.818. The number of carbonyl (C=O) groups is 1. The van der Waals surface area contributed by atoms with Gasteiger partial charge in [0.2, 0.25) is 0 Å². The van der Waals surface area contributed by atoms with Gasteiger partial charge in [-0.2, -0.15) is 0 Å². The fourth-order valence-electron chi connectivity index (χ4n) is 1.76. The van der Waals surface area contributed by atoms with Crippen molar-refractivity contribution >= 4 is 5.78 Å². The number of Topliss-reactive ketones (excluding diaryl/α,β-unsaturated/α-hetero) is 1. The highest BCUT2D eigenvalue weighted by Crippen LogP contribution is 2.18. The zero-order chi connectivity index (χ0) is 11.6. The standard InChI is InChI=1S/C12H14FNO2/c13-10-3-1-9(2-4-10)7-11(15)12(14)5-6-16-8-12/h1-4H,5-8,14H2. The molecule has 0 saturated carbocycles. The van der Waals surface area contributed by atoms with E-state index in [4.69, 9.17) is 10.5 Å². The predicted molar refractivity (Wildman–Crippen MR) is 57.5 cm³/mol. The number of hydrogen-bond acceptors (Lipinski definition) is 3. The number of nitrogens with two attached hydrogens (primary N) is 1. The van der Waals surface area contributed by atoms with Crippen molar-refractivity contribution in [3.05, 3.63) is 35.6 Å². The maximum atomic E-state index is 12.7. The Balaban J connectivity index is 2.04. The van der Waals surface area contributed by atoms with Crippen LogP contribution in [0.3, 0.4) is 0 Å². The molecule has 0 spiro atoms. The molecule has 0 amide bonds. The normalized spacial score (nSPS) is 24.6. The van der Waals surface area contributed by atoms with E-state index < -0.39 is 5.54 Å². The van der Waals surface area contributed by atoms with E-state index in [1.54, 1.807) is 12.1 Å². The molecule has 1 aromatic carbocycles. The SMILES string of the molecule is NC1(C(=O)Cc2ccc(F)cc2)CCOC1. The van der Waals surface area contributed by atoms with Gasteiger partial charge in [0.05, 0.1) is 6.61 Å². The van der Waals surface area contributed by atoms with Crippen LogP contribution in [0.25, 0.3) is 0 Å². The molecular formula is C12H14FNO2. The molecule has 1 atom stereocenters. The Morgan fingerprint density at radius 2 is 2.12 bits per heavy atom. The lowest BCUT2D eigenvalue weighted by Gasteiger charge is -2.19. The Kier molecular flexibility index (Phi) is 3.03. The molecule has 86 valence electrons. The average Bonchev–Trinajstić information content (AvgIpc) is 2.70. The average molecular weight is 223 g/mol. The van der Waals surface area contributed by atoms with E-state index in [2.05, 4.69) is 0 Å². The van der Waals surface area contributed by atoms with Crippen LogP contribution in [0.5, 0.6) is 0 Å². The number of benzene rings is 1. The van der Waals surface area contributed by atoms with Gasteiger partial charge >= 0.3 is 0 Å². The largest absolute Gasteiger partial charge is 0.379 e. The van der Waals surface area contributed by atoms with Crippen molar-refractivity contribution < 1.29 is 13.9 Å². The Morgan fingerprint density at radius 1 is 1.44 bits per heavy atom. The lowest BCUT2D eigenvalue weighted by atomic mass is 9.90. The number of ketones is 1. The number of halogens is 1. The fraction of sp³-hybridized carbons (Fsp3) is 0.417. The molecule has 2 N–H and O–H groups in total. The molecule has 1 heterocycles. The highest BCUT2D eigenvalue weighted by molar-refractivity contribution is 5.90. The zero-order valence-electron chi connectivity index (χ0n) is 8.91. The molecule has 16 heavy (non-hydrogen) atoms. The van der Waals surface area contributed by atoms with Crippen LogP contribution in [0.4, 0.5) is 4.39 Å². The van der Waals surface area contributed by atoms with E-state index in [1.165, 1.54) is 12.1 Å². The van der Waals surface area contributed by atoms with Crippen LogP contribution in [-0.4, -0.2) is 24.5 Å². The smallest absolute Gasteiger partial charge is 0.159 e. The lowest BCUT2D eigenvalue weighted by Crippen LogP contribution is -2.49. The van der Waals surface area contributed by atoms with E-state index >= 15 is 0 Å². The summed E-state index contributed by atoms with van der Waals surface area (Å²) in [5.41, 5.74) is 5.86. The maximum Gasteiger partial charge on any atom is 0.159 e. The first-order chi connectivity index (χ1) is 7.60. The monoisotopic (exact) mass is 223 g/mol. The first-order valence-corrected chi connectivity index (χ1v) is 5.24. The van der Waals surface area contributed by atoms with E-state index in [0.29, 0.717) is 13.0 Å². The number of hydrogen-bond donors (Lipinski definition) is 1. The van der Waals surface area contributed by atoms with Crippen molar-refractivity contribution in [2.75, 3.05) is 13.2 Å².